The first kappa shape index (κ1) is 18.4. The zero-order valence-corrected chi connectivity index (χ0v) is 15.1. The van der Waals surface area contributed by atoms with E-state index >= 15 is 0 Å². The van der Waals surface area contributed by atoms with Crippen LogP contribution < -0.4 is 14.8 Å². The van der Waals surface area contributed by atoms with Gasteiger partial charge >= 0.3 is 0 Å². The van der Waals surface area contributed by atoms with Crippen molar-refractivity contribution in [3.05, 3.63) is 57.6 Å². The number of ether oxygens (including phenoxy) is 2. The number of carbonyl (C=O) groups excluding carboxylic acids is 2. The summed E-state index contributed by atoms with van der Waals surface area (Å²) in [5.41, 5.74) is -0.0306. The van der Waals surface area contributed by atoms with Crippen LogP contribution in [-0.4, -0.2) is 29.3 Å². The molecule has 0 saturated heterocycles. The van der Waals surface area contributed by atoms with Gasteiger partial charge in [-0.2, -0.15) is 0 Å². The summed E-state index contributed by atoms with van der Waals surface area (Å²) in [6.45, 7) is 3.64. The maximum Gasteiger partial charge on any atom is 0.271 e. The van der Waals surface area contributed by atoms with Gasteiger partial charge in [0.15, 0.2) is 5.78 Å². The Morgan fingerprint density at radius 1 is 1.26 bits per heavy atom. The zero-order valence-electron chi connectivity index (χ0n) is 15.1. The van der Waals surface area contributed by atoms with Crippen molar-refractivity contribution in [2.24, 2.45) is 0 Å². The van der Waals surface area contributed by atoms with Crippen LogP contribution in [0.3, 0.4) is 0 Å². The van der Waals surface area contributed by atoms with Gasteiger partial charge in [-0.05, 0) is 38.1 Å². The molecule has 0 radical (unpaired) electrons. The predicted octanol–water partition coefficient (Wildman–Crippen LogP) is 3.60. The number of hydrogen-bond donors (Lipinski definition) is 1. The number of anilines is 1. The number of nitro benzene ring substituents is 1. The average molecular weight is 370 g/mol. The number of fused-ring (bicyclic) bond motifs is 1. The van der Waals surface area contributed by atoms with Gasteiger partial charge in [-0.1, -0.05) is 0 Å². The van der Waals surface area contributed by atoms with E-state index in [2.05, 4.69) is 5.32 Å². The van der Waals surface area contributed by atoms with Crippen LogP contribution in [-0.2, 0) is 0 Å². The van der Waals surface area contributed by atoms with Gasteiger partial charge < -0.3 is 14.8 Å². The Kier molecular flexibility index (Phi) is 4.57. The fourth-order valence-corrected chi connectivity index (χ4v) is 2.90. The molecule has 1 aliphatic heterocycles. The lowest BCUT2D eigenvalue weighted by Gasteiger charge is -2.31. The first-order valence-corrected chi connectivity index (χ1v) is 8.20. The predicted molar refractivity (Wildman–Crippen MR) is 97.7 cm³/mol. The lowest BCUT2D eigenvalue weighted by Crippen LogP contribution is -2.36. The van der Waals surface area contributed by atoms with Crippen LogP contribution in [0.15, 0.2) is 36.4 Å². The molecule has 0 spiro atoms. The number of nitrogens with one attached hydrogen (secondary N) is 1. The number of nitrogens with zero attached hydrogens (tertiary/aromatic N) is 1. The van der Waals surface area contributed by atoms with E-state index in [0.717, 1.165) is 0 Å². The number of benzene rings is 2. The van der Waals surface area contributed by atoms with Crippen molar-refractivity contribution in [2.75, 3.05) is 12.4 Å². The summed E-state index contributed by atoms with van der Waals surface area (Å²) in [7, 11) is 1.40. The van der Waals surface area contributed by atoms with Crippen LogP contribution in [0.2, 0.25) is 0 Å². The Morgan fingerprint density at radius 3 is 2.67 bits per heavy atom. The summed E-state index contributed by atoms with van der Waals surface area (Å²) >= 11 is 0. The molecule has 8 heteroatoms. The Hall–Kier alpha value is -3.42. The number of ketones is 1. The Morgan fingerprint density at radius 2 is 2.00 bits per heavy atom. The van der Waals surface area contributed by atoms with Gasteiger partial charge in [0, 0.05) is 17.7 Å². The highest BCUT2D eigenvalue weighted by Crippen LogP contribution is 2.34. The molecular weight excluding hydrogens is 352 g/mol. The first-order valence-electron chi connectivity index (χ1n) is 8.20. The second-order valence-electron chi connectivity index (χ2n) is 6.77. The molecule has 1 amide bonds. The first-order chi connectivity index (χ1) is 12.7. The van der Waals surface area contributed by atoms with E-state index < -0.39 is 16.4 Å². The molecule has 0 unspecified atom stereocenters. The summed E-state index contributed by atoms with van der Waals surface area (Å²) in [5, 5.41) is 13.5. The van der Waals surface area contributed by atoms with Gasteiger partial charge in [-0.25, -0.2) is 0 Å². The minimum Gasteiger partial charge on any atom is -0.495 e. The number of non-ortho nitro benzene ring substituents is 1. The molecule has 1 aliphatic rings. The number of Topliss-reactive ketones (excluding diaryl/α,β-unsaturated/α-hetero) is 1. The molecule has 0 saturated carbocycles. The number of carbonyl (C=O) groups is 2. The number of methoxy groups -OCH3 is 1. The topological polar surface area (TPSA) is 108 Å². The molecular formula is C19H18N2O6. The number of amides is 1. The third kappa shape index (κ3) is 3.74. The molecule has 140 valence electrons. The summed E-state index contributed by atoms with van der Waals surface area (Å²) in [4.78, 5) is 35.3. The van der Waals surface area contributed by atoms with Crippen molar-refractivity contribution < 1.29 is 24.0 Å². The van der Waals surface area contributed by atoms with Gasteiger partial charge in [0.1, 0.15) is 17.1 Å². The Bertz CT molecular complexity index is 951. The third-order valence-electron chi connectivity index (χ3n) is 4.16. The quantitative estimate of drug-likeness (QED) is 0.651. The van der Waals surface area contributed by atoms with E-state index in [9.17, 15) is 19.7 Å². The fraction of sp³-hybridized carbons (Fsp3) is 0.263. The molecule has 27 heavy (non-hydrogen) atoms. The van der Waals surface area contributed by atoms with Crippen LogP contribution in [0.5, 0.6) is 11.5 Å². The molecule has 0 aliphatic carbocycles. The Labute approximate surface area is 155 Å². The molecule has 0 atom stereocenters. The summed E-state index contributed by atoms with van der Waals surface area (Å²) in [6, 6.07) is 8.48. The summed E-state index contributed by atoms with van der Waals surface area (Å²) in [5.74, 6) is 0.0897. The van der Waals surface area contributed by atoms with E-state index in [0.29, 0.717) is 11.3 Å². The number of hydrogen-bond acceptors (Lipinski definition) is 6. The van der Waals surface area contributed by atoms with Crippen molar-refractivity contribution in [1.82, 2.24) is 0 Å². The highest BCUT2D eigenvalue weighted by Gasteiger charge is 2.32. The number of rotatable bonds is 4. The largest absolute Gasteiger partial charge is 0.495 e. The third-order valence-corrected chi connectivity index (χ3v) is 4.16. The molecule has 2 aromatic rings. The fourth-order valence-electron chi connectivity index (χ4n) is 2.90. The highest BCUT2D eigenvalue weighted by molar-refractivity contribution is 6.08. The normalized spacial score (nSPS) is 14.7. The van der Waals surface area contributed by atoms with Crippen molar-refractivity contribution in [1.29, 1.82) is 0 Å². The van der Waals surface area contributed by atoms with Crippen molar-refractivity contribution in [3.8, 4) is 11.5 Å². The standard InChI is InChI=1S/C19H18N2O6/c1-19(2)10-15(22)13-8-11(4-6-16(13)27-19)18(23)20-14-9-12(21(24)25)5-7-17(14)26-3/h4-9H,10H2,1-3H3,(H,20,23). The monoisotopic (exact) mass is 370 g/mol. The molecule has 0 fully saturated rings. The second-order valence-corrected chi connectivity index (χ2v) is 6.77. The molecule has 1 N–H and O–H groups in total. The maximum atomic E-state index is 12.6. The van der Waals surface area contributed by atoms with Crippen molar-refractivity contribution in [3.63, 3.8) is 0 Å². The lowest BCUT2D eigenvalue weighted by molar-refractivity contribution is -0.384. The van der Waals surface area contributed by atoms with Crippen LogP contribution >= 0.6 is 0 Å². The lowest BCUT2D eigenvalue weighted by atomic mass is 9.92. The van der Waals surface area contributed by atoms with E-state index in [-0.39, 0.29) is 34.9 Å². The van der Waals surface area contributed by atoms with Crippen LogP contribution in [0, 0.1) is 10.1 Å². The SMILES string of the molecule is COc1ccc([N+](=O)[O-])cc1NC(=O)c1ccc2c(c1)C(=O)CC(C)(C)O2. The van der Waals surface area contributed by atoms with E-state index in [4.69, 9.17) is 9.47 Å². The molecule has 8 nitrogen and oxygen atoms in total. The van der Waals surface area contributed by atoms with E-state index in [1.807, 2.05) is 13.8 Å². The maximum absolute atomic E-state index is 12.6. The molecule has 2 aromatic carbocycles. The van der Waals surface area contributed by atoms with Gasteiger partial charge in [0.25, 0.3) is 11.6 Å². The summed E-state index contributed by atoms with van der Waals surface area (Å²) < 4.78 is 10.9. The van der Waals surface area contributed by atoms with Crippen molar-refractivity contribution in [2.45, 2.75) is 25.9 Å². The number of nitro groups is 1. The molecule has 3 rings (SSSR count). The molecule has 1 heterocycles. The summed E-state index contributed by atoms with van der Waals surface area (Å²) in [6.07, 6.45) is 0.212. The Balaban J connectivity index is 1.90. The van der Waals surface area contributed by atoms with E-state index in [1.165, 1.54) is 37.4 Å². The van der Waals surface area contributed by atoms with Gasteiger partial charge in [0.05, 0.1) is 29.7 Å². The zero-order chi connectivity index (χ0) is 19.8. The minimum atomic E-state index is -0.593. The highest BCUT2D eigenvalue weighted by atomic mass is 16.6. The van der Waals surface area contributed by atoms with Gasteiger partial charge in [0.2, 0.25) is 0 Å². The smallest absolute Gasteiger partial charge is 0.271 e. The van der Waals surface area contributed by atoms with Crippen molar-refractivity contribution >= 4 is 23.1 Å². The minimum absolute atomic E-state index is 0.108. The van der Waals surface area contributed by atoms with Crippen LogP contribution in [0.1, 0.15) is 41.0 Å². The average Bonchev–Trinajstić information content (AvgIpc) is 2.60. The molecule has 0 aromatic heterocycles. The van der Waals surface area contributed by atoms with Gasteiger partial charge in [-0.15, -0.1) is 0 Å². The second kappa shape index (κ2) is 6.71. The van der Waals surface area contributed by atoms with Gasteiger partial charge in [-0.3, -0.25) is 19.7 Å². The van der Waals surface area contributed by atoms with Crippen LogP contribution in [0.4, 0.5) is 11.4 Å². The molecule has 0 bridgehead atoms. The van der Waals surface area contributed by atoms with Crippen LogP contribution in [0.25, 0.3) is 0 Å². The van der Waals surface area contributed by atoms with E-state index in [1.54, 1.807) is 6.07 Å².